The van der Waals surface area contributed by atoms with Gasteiger partial charge in [-0.3, -0.25) is 9.59 Å². The maximum atomic E-state index is 12.5. The van der Waals surface area contributed by atoms with Crippen LogP contribution in [0.25, 0.3) is 22.0 Å². The van der Waals surface area contributed by atoms with Gasteiger partial charge in [0.05, 0.1) is 10.6 Å². The lowest BCUT2D eigenvalue weighted by Crippen LogP contribution is -2.43. The minimum atomic E-state index is -3.41. The van der Waals surface area contributed by atoms with Gasteiger partial charge in [0.25, 0.3) is 5.56 Å². The van der Waals surface area contributed by atoms with Crippen molar-refractivity contribution in [2.45, 2.75) is 23.8 Å². The Balaban J connectivity index is 1.71. The second-order valence-corrected chi connectivity index (χ2v) is 11.3. The lowest BCUT2D eigenvalue weighted by atomic mass is 9.99. The van der Waals surface area contributed by atoms with Crippen LogP contribution in [0.2, 0.25) is 0 Å². The molecule has 0 aliphatic carbocycles. The van der Waals surface area contributed by atoms with Crippen LogP contribution in [0.1, 0.15) is 12.8 Å². The van der Waals surface area contributed by atoms with Gasteiger partial charge >= 0.3 is 0 Å². The van der Waals surface area contributed by atoms with E-state index in [1.54, 1.807) is 37.6 Å². The number of nitrogens with zero attached hydrogens (tertiary/aromatic N) is 2. The zero-order chi connectivity index (χ0) is 23.8. The number of anilines is 1. The standard InChI is InChI=1S/C23H28N4O4S2/c1-26-13-19(17-6-9-24-22(17)23(26)29)18-12-16(33(3,30)31)4-5-20(18)25-15-7-10-27(11-8-15)21(28)14-32-2/h4-6,9,12-13,15,24-25H,7-8,10-11,14H2,1-3H3. The van der Waals surface area contributed by atoms with Gasteiger partial charge < -0.3 is 19.8 Å². The van der Waals surface area contributed by atoms with Gasteiger partial charge in [-0.25, -0.2) is 8.42 Å². The van der Waals surface area contributed by atoms with E-state index in [2.05, 4.69) is 10.3 Å². The number of hydrogen-bond acceptors (Lipinski definition) is 6. The van der Waals surface area contributed by atoms with Crippen molar-refractivity contribution in [1.29, 1.82) is 0 Å². The lowest BCUT2D eigenvalue weighted by molar-refractivity contribution is -0.129. The van der Waals surface area contributed by atoms with E-state index in [1.165, 1.54) is 22.6 Å². The summed E-state index contributed by atoms with van der Waals surface area (Å²) in [5.41, 5.74) is 2.63. The number of sulfone groups is 1. The van der Waals surface area contributed by atoms with Crippen LogP contribution >= 0.6 is 11.8 Å². The van der Waals surface area contributed by atoms with E-state index < -0.39 is 9.84 Å². The van der Waals surface area contributed by atoms with Gasteiger partial charge in [0, 0.05) is 67.0 Å². The van der Waals surface area contributed by atoms with Gasteiger partial charge in [-0.15, -0.1) is 0 Å². The first-order chi connectivity index (χ1) is 15.7. The summed E-state index contributed by atoms with van der Waals surface area (Å²) in [5, 5.41) is 4.31. The molecule has 1 amide bonds. The van der Waals surface area contributed by atoms with Crippen molar-refractivity contribution in [3.63, 3.8) is 0 Å². The van der Waals surface area contributed by atoms with Crippen LogP contribution in [0, 0.1) is 0 Å². The van der Waals surface area contributed by atoms with Gasteiger partial charge in [0.15, 0.2) is 9.84 Å². The summed E-state index contributed by atoms with van der Waals surface area (Å²) in [5.74, 6) is 0.661. The minimum Gasteiger partial charge on any atom is -0.382 e. The second-order valence-electron chi connectivity index (χ2n) is 8.44. The fourth-order valence-electron chi connectivity index (χ4n) is 4.29. The number of thioether (sulfide) groups is 1. The molecule has 8 nitrogen and oxygen atoms in total. The highest BCUT2D eigenvalue weighted by molar-refractivity contribution is 7.99. The number of piperidine rings is 1. The van der Waals surface area contributed by atoms with Crippen molar-refractivity contribution < 1.29 is 13.2 Å². The van der Waals surface area contributed by atoms with Gasteiger partial charge in [0.1, 0.15) is 5.52 Å². The zero-order valence-corrected chi connectivity index (χ0v) is 20.6. The van der Waals surface area contributed by atoms with Crippen molar-refractivity contribution in [1.82, 2.24) is 14.5 Å². The number of pyridine rings is 1. The zero-order valence-electron chi connectivity index (χ0n) is 18.9. The largest absolute Gasteiger partial charge is 0.382 e. The first-order valence-corrected chi connectivity index (χ1v) is 14.0. The lowest BCUT2D eigenvalue weighted by Gasteiger charge is -2.33. The highest BCUT2D eigenvalue weighted by Crippen LogP contribution is 2.35. The number of carbonyl (C=O) groups is 1. The number of H-pyrrole nitrogens is 1. The average molecular weight is 489 g/mol. The molecule has 33 heavy (non-hydrogen) atoms. The first kappa shape index (κ1) is 23.4. The highest BCUT2D eigenvalue weighted by atomic mass is 32.2. The summed E-state index contributed by atoms with van der Waals surface area (Å²) in [6, 6.07) is 7.05. The molecule has 1 aliphatic rings. The van der Waals surface area contributed by atoms with E-state index in [-0.39, 0.29) is 22.4 Å². The molecule has 1 fully saturated rings. The Kier molecular flexibility index (Phi) is 6.58. The molecule has 2 N–H and O–H groups in total. The Morgan fingerprint density at radius 1 is 1.21 bits per heavy atom. The van der Waals surface area contributed by atoms with E-state index in [4.69, 9.17) is 0 Å². The number of likely N-dealkylation sites (tertiary alicyclic amines) is 1. The molecule has 0 spiro atoms. The number of aryl methyl sites for hydroxylation is 1. The summed E-state index contributed by atoms with van der Waals surface area (Å²) < 4.78 is 26.1. The summed E-state index contributed by atoms with van der Waals surface area (Å²) in [6.45, 7) is 1.38. The van der Waals surface area contributed by atoms with Crippen LogP contribution in [0.5, 0.6) is 0 Å². The third-order valence-electron chi connectivity index (χ3n) is 6.08. The predicted molar refractivity (Wildman–Crippen MR) is 134 cm³/mol. The average Bonchev–Trinajstić information content (AvgIpc) is 3.27. The molecule has 0 atom stereocenters. The normalized spacial score (nSPS) is 15.2. The van der Waals surface area contributed by atoms with E-state index in [0.29, 0.717) is 24.4 Å². The van der Waals surface area contributed by atoms with Gasteiger partial charge in [-0.2, -0.15) is 11.8 Å². The van der Waals surface area contributed by atoms with Crippen molar-refractivity contribution in [3.8, 4) is 11.1 Å². The van der Waals surface area contributed by atoms with Crippen LogP contribution < -0.4 is 10.9 Å². The van der Waals surface area contributed by atoms with Crippen LogP contribution in [-0.2, 0) is 21.7 Å². The van der Waals surface area contributed by atoms with Crippen molar-refractivity contribution >= 4 is 44.1 Å². The minimum absolute atomic E-state index is 0.144. The molecule has 4 rings (SSSR count). The number of aromatic amines is 1. The summed E-state index contributed by atoms with van der Waals surface area (Å²) in [6.07, 6.45) is 8.18. The molecule has 1 saturated heterocycles. The number of amides is 1. The third-order valence-corrected chi connectivity index (χ3v) is 7.72. The van der Waals surface area contributed by atoms with Crippen LogP contribution in [0.4, 0.5) is 5.69 Å². The molecule has 0 unspecified atom stereocenters. The fraction of sp³-hybridized carbons (Fsp3) is 0.391. The third kappa shape index (κ3) is 4.81. The van der Waals surface area contributed by atoms with E-state index in [1.807, 2.05) is 17.2 Å². The maximum Gasteiger partial charge on any atom is 0.274 e. The van der Waals surface area contributed by atoms with Gasteiger partial charge in [-0.1, -0.05) is 0 Å². The summed E-state index contributed by atoms with van der Waals surface area (Å²) in [4.78, 5) is 29.8. The van der Waals surface area contributed by atoms with Crippen molar-refractivity contribution in [2.75, 3.05) is 36.7 Å². The number of fused-ring (bicyclic) bond motifs is 1. The Morgan fingerprint density at radius 2 is 1.94 bits per heavy atom. The Labute approximate surface area is 197 Å². The number of hydrogen-bond donors (Lipinski definition) is 2. The second kappa shape index (κ2) is 9.26. The molecule has 3 heterocycles. The van der Waals surface area contributed by atoms with Crippen LogP contribution in [0.15, 0.2) is 46.3 Å². The molecular formula is C23H28N4O4S2. The predicted octanol–water partition coefficient (Wildman–Crippen LogP) is 2.70. The van der Waals surface area contributed by atoms with Crippen molar-refractivity contribution in [2.24, 2.45) is 7.05 Å². The van der Waals surface area contributed by atoms with Crippen LogP contribution in [-0.4, -0.2) is 66.2 Å². The Bertz CT molecular complexity index is 1350. The molecule has 1 aromatic carbocycles. The smallest absolute Gasteiger partial charge is 0.274 e. The van der Waals surface area contributed by atoms with Gasteiger partial charge in [-0.05, 0) is 43.4 Å². The molecule has 1 aliphatic heterocycles. The number of carbonyl (C=O) groups excluding carboxylic acids is 1. The van der Waals surface area contributed by atoms with E-state index >= 15 is 0 Å². The maximum absolute atomic E-state index is 12.5. The van der Waals surface area contributed by atoms with E-state index in [0.717, 1.165) is 35.0 Å². The number of nitrogens with one attached hydrogen (secondary N) is 2. The van der Waals surface area contributed by atoms with E-state index in [9.17, 15) is 18.0 Å². The molecule has 0 radical (unpaired) electrons. The Hall–Kier alpha value is -2.72. The Morgan fingerprint density at radius 3 is 2.61 bits per heavy atom. The molecule has 2 aromatic heterocycles. The number of rotatable bonds is 6. The molecule has 10 heteroatoms. The number of aromatic nitrogens is 2. The molecule has 0 saturated carbocycles. The first-order valence-electron chi connectivity index (χ1n) is 10.7. The highest BCUT2D eigenvalue weighted by Gasteiger charge is 2.24. The summed E-state index contributed by atoms with van der Waals surface area (Å²) in [7, 11) is -1.73. The number of benzene rings is 1. The quantitative estimate of drug-likeness (QED) is 0.553. The SMILES string of the molecule is CSCC(=O)N1CCC(Nc2ccc(S(C)(=O)=O)cc2-c2cn(C)c(=O)c3[nH]ccc23)CC1. The molecule has 3 aromatic rings. The molecule has 176 valence electrons. The fourth-order valence-corrected chi connectivity index (χ4v) is 5.37. The molecule has 0 bridgehead atoms. The van der Waals surface area contributed by atoms with Gasteiger partial charge in [0.2, 0.25) is 5.91 Å². The monoisotopic (exact) mass is 488 g/mol. The van der Waals surface area contributed by atoms with Crippen LogP contribution in [0.3, 0.4) is 0 Å². The molecular weight excluding hydrogens is 460 g/mol. The topological polar surface area (TPSA) is 104 Å². The van der Waals surface area contributed by atoms with Crippen molar-refractivity contribution in [3.05, 3.63) is 47.0 Å². The summed E-state index contributed by atoms with van der Waals surface area (Å²) >= 11 is 1.53.